The molecule has 3 rings (SSSR count). The van der Waals surface area contributed by atoms with Gasteiger partial charge in [0.05, 0.1) is 18.6 Å². The van der Waals surface area contributed by atoms with Gasteiger partial charge in [0.25, 0.3) is 0 Å². The third-order valence-corrected chi connectivity index (χ3v) is 6.00. The van der Waals surface area contributed by atoms with Crippen LogP contribution < -0.4 is 11.1 Å². The maximum Gasteiger partial charge on any atom is 0.333 e. The summed E-state index contributed by atoms with van der Waals surface area (Å²) in [6.45, 7) is 5.97. The number of hydrogen-bond donors (Lipinski definition) is 3. The summed E-state index contributed by atoms with van der Waals surface area (Å²) in [4.78, 5) is 36.4. The molecule has 0 saturated carbocycles. The topological polar surface area (TPSA) is 128 Å². The van der Waals surface area contributed by atoms with E-state index in [2.05, 4.69) is 5.32 Å². The number of fused-ring (bicyclic) bond motifs is 2. The molecule has 8 nitrogen and oxygen atoms in total. The molecule has 0 spiro atoms. The van der Waals surface area contributed by atoms with Crippen LogP contribution in [0.5, 0.6) is 0 Å². The number of hydrogen-bond acceptors (Lipinski definition) is 6. The second-order valence-corrected chi connectivity index (χ2v) is 8.65. The van der Waals surface area contributed by atoms with Gasteiger partial charge in [-0.3, -0.25) is 9.59 Å². The third kappa shape index (κ3) is 4.13. The minimum atomic E-state index is -1.27. The van der Waals surface area contributed by atoms with Crippen molar-refractivity contribution in [3.63, 3.8) is 0 Å². The van der Waals surface area contributed by atoms with Crippen LogP contribution in [0.25, 0.3) is 0 Å². The van der Waals surface area contributed by atoms with E-state index >= 15 is 0 Å². The first-order valence-corrected chi connectivity index (χ1v) is 9.75. The van der Waals surface area contributed by atoms with Gasteiger partial charge < -0.3 is 25.6 Å². The highest BCUT2D eigenvalue weighted by Gasteiger charge is 2.63. The Bertz CT molecular complexity index is 791. The first kappa shape index (κ1) is 21.3. The minimum Gasteiger partial charge on any atom is -0.481 e. The van der Waals surface area contributed by atoms with Gasteiger partial charge >= 0.3 is 11.9 Å². The van der Waals surface area contributed by atoms with Crippen molar-refractivity contribution in [3.05, 3.63) is 35.9 Å². The van der Waals surface area contributed by atoms with Crippen molar-refractivity contribution in [2.75, 3.05) is 0 Å². The van der Waals surface area contributed by atoms with E-state index in [1.54, 1.807) is 30.3 Å². The van der Waals surface area contributed by atoms with Crippen LogP contribution >= 0.6 is 0 Å². The van der Waals surface area contributed by atoms with Crippen LogP contribution in [0.1, 0.15) is 51.6 Å². The van der Waals surface area contributed by atoms with Crippen LogP contribution in [0.3, 0.4) is 0 Å². The number of esters is 1. The molecule has 0 aliphatic carbocycles. The number of carbonyl (C=O) groups excluding carboxylic acids is 2. The minimum absolute atomic E-state index is 0.0130. The lowest BCUT2D eigenvalue weighted by atomic mass is 9.70. The number of aliphatic carboxylic acids is 1. The van der Waals surface area contributed by atoms with Crippen molar-refractivity contribution in [1.82, 2.24) is 5.32 Å². The Morgan fingerprint density at radius 3 is 2.48 bits per heavy atom. The van der Waals surface area contributed by atoms with Crippen LogP contribution in [0.15, 0.2) is 30.3 Å². The van der Waals surface area contributed by atoms with Gasteiger partial charge in [-0.25, -0.2) is 4.79 Å². The van der Waals surface area contributed by atoms with Crippen molar-refractivity contribution in [2.45, 2.75) is 69.9 Å². The predicted octanol–water partition coefficient (Wildman–Crippen LogP) is 1.54. The van der Waals surface area contributed by atoms with Crippen molar-refractivity contribution >= 4 is 17.8 Å². The number of carboxylic acid groups (broad SMARTS) is 1. The Morgan fingerprint density at radius 2 is 1.93 bits per heavy atom. The van der Waals surface area contributed by atoms with Gasteiger partial charge in [0.15, 0.2) is 6.04 Å². The maximum absolute atomic E-state index is 13.1. The lowest BCUT2D eigenvalue weighted by Crippen LogP contribution is -2.51. The molecule has 5 atom stereocenters. The summed E-state index contributed by atoms with van der Waals surface area (Å²) in [6, 6.07) is 6.29. The summed E-state index contributed by atoms with van der Waals surface area (Å²) < 4.78 is 12.0. The number of rotatable bonds is 7. The van der Waals surface area contributed by atoms with E-state index in [1.807, 2.05) is 20.8 Å². The zero-order valence-electron chi connectivity index (χ0n) is 16.9. The summed E-state index contributed by atoms with van der Waals surface area (Å²) in [6.07, 6.45) is 0.730. The molecule has 1 unspecified atom stereocenters. The van der Waals surface area contributed by atoms with Crippen LogP contribution in [-0.4, -0.2) is 46.8 Å². The van der Waals surface area contributed by atoms with Gasteiger partial charge in [-0.05, 0) is 25.3 Å². The number of nitrogens with two attached hydrogens (primary N) is 1. The SMILES string of the molecule is CC12CC[C@H](O1)C(C)(C)[C@@H]2OC(=O)[C@H](NC(=O)[C@@H](N)CC(=O)O)c1ccccc1. The molecule has 2 saturated heterocycles. The average molecular weight is 404 g/mol. The lowest BCUT2D eigenvalue weighted by molar-refractivity contribution is -0.166. The Hall–Kier alpha value is -2.45. The Kier molecular flexibility index (Phi) is 5.69. The smallest absolute Gasteiger partial charge is 0.333 e. The fourth-order valence-corrected chi connectivity index (χ4v) is 4.45. The molecule has 2 bridgehead atoms. The van der Waals surface area contributed by atoms with Crippen molar-refractivity contribution in [2.24, 2.45) is 11.1 Å². The molecule has 1 aromatic carbocycles. The van der Waals surface area contributed by atoms with Crippen molar-refractivity contribution < 1.29 is 29.0 Å². The van der Waals surface area contributed by atoms with E-state index in [0.29, 0.717) is 5.56 Å². The van der Waals surface area contributed by atoms with Crippen LogP contribution in [0.2, 0.25) is 0 Å². The van der Waals surface area contributed by atoms with Crippen LogP contribution in [0, 0.1) is 5.41 Å². The summed E-state index contributed by atoms with van der Waals surface area (Å²) in [5.74, 6) is -2.55. The Balaban J connectivity index is 1.80. The second kappa shape index (κ2) is 7.76. The highest BCUT2D eigenvalue weighted by atomic mass is 16.6. The number of ether oxygens (including phenoxy) is 2. The van der Waals surface area contributed by atoms with Gasteiger partial charge in [-0.1, -0.05) is 44.2 Å². The van der Waals surface area contributed by atoms with Crippen LogP contribution in [-0.2, 0) is 23.9 Å². The molecule has 2 heterocycles. The monoisotopic (exact) mass is 404 g/mol. The van der Waals surface area contributed by atoms with Gasteiger partial charge in [0.2, 0.25) is 5.91 Å². The average Bonchev–Trinajstić information content (AvgIpc) is 3.14. The van der Waals surface area contributed by atoms with Gasteiger partial charge in [-0.2, -0.15) is 0 Å². The molecule has 1 amide bonds. The number of amides is 1. The van der Waals surface area contributed by atoms with Crippen molar-refractivity contribution in [3.8, 4) is 0 Å². The van der Waals surface area contributed by atoms with Gasteiger partial charge in [-0.15, -0.1) is 0 Å². The first-order valence-electron chi connectivity index (χ1n) is 9.75. The number of carboxylic acids is 1. The molecule has 2 aliphatic rings. The maximum atomic E-state index is 13.1. The van der Waals surface area contributed by atoms with E-state index in [4.69, 9.17) is 20.3 Å². The largest absolute Gasteiger partial charge is 0.481 e. The highest BCUT2D eigenvalue weighted by Crippen LogP contribution is 2.55. The molecule has 1 aromatic rings. The lowest BCUT2D eigenvalue weighted by Gasteiger charge is -2.39. The molecule has 2 fully saturated rings. The number of nitrogens with one attached hydrogen (secondary N) is 1. The van der Waals surface area contributed by atoms with Crippen LogP contribution in [0.4, 0.5) is 0 Å². The van der Waals surface area contributed by atoms with E-state index in [-0.39, 0.29) is 11.5 Å². The fraction of sp³-hybridized carbons (Fsp3) is 0.571. The fourth-order valence-electron chi connectivity index (χ4n) is 4.45. The van der Waals surface area contributed by atoms with E-state index < -0.39 is 48.1 Å². The summed E-state index contributed by atoms with van der Waals surface area (Å²) >= 11 is 0. The first-order chi connectivity index (χ1) is 13.5. The number of carbonyl (C=O) groups is 3. The number of benzene rings is 1. The van der Waals surface area contributed by atoms with E-state index in [0.717, 1.165) is 12.8 Å². The predicted molar refractivity (Wildman–Crippen MR) is 104 cm³/mol. The van der Waals surface area contributed by atoms with E-state index in [9.17, 15) is 14.4 Å². The molecule has 0 radical (unpaired) electrons. The summed E-state index contributed by atoms with van der Waals surface area (Å²) in [7, 11) is 0. The standard InChI is InChI=1S/C21H28N2O6/c1-20(2)14-9-10-21(3,29-14)19(20)28-18(27)16(12-7-5-4-6-8-12)23-17(26)13(22)11-15(24)25/h4-8,13-14,16,19H,9-11,22H2,1-3H3,(H,23,26)(H,24,25)/t13-,14-,16+,19-,21?/m0/s1. The molecule has 158 valence electrons. The summed E-state index contributed by atoms with van der Waals surface area (Å²) in [5.41, 5.74) is 5.27. The zero-order valence-corrected chi connectivity index (χ0v) is 16.9. The second-order valence-electron chi connectivity index (χ2n) is 8.65. The van der Waals surface area contributed by atoms with E-state index in [1.165, 1.54) is 0 Å². The molecule has 29 heavy (non-hydrogen) atoms. The third-order valence-electron chi connectivity index (χ3n) is 6.00. The van der Waals surface area contributed by atoms with Gasteiger partial charge in [0.1, 0.15) is 11.7 Å². The Labute approximate surface area is 169 Å². The molecule has 4 N–H and O–H groups in total. The molecular weight excluding hydrogens is 376 g/mol. The quantitative estimate of drug-likeness (QED) is 0.588. The summed E-state index contributed by atoms with van der Waals surface area (Å²) in [5, 5.41) is 11.4. The normalized spacial score (nSPS) is 29.1. The Morgan fingerprint density at radius 1 is 1.28 bits per heavy atom. The molecule has 2 aliphatic heterocycles. The highest BCUT2D eigenvalue weighted by molar-refractivity contribution is 5.90. The van der Waals surface area contributed by atoms with Gasteiger partial charge in [0, 0.05) is 5.41 Å². The molecule has 0 aromatic heterocycles. The van der Waals surface area contributed by atoms with Crippen molar-refractivity contribution in [1.29, 1.82) is 0 Å². The molecule has 8 heteroatoms. The zero-order chi connectivity index (χ0) is 21.4. The molecular formula is C21H28N2O6.